The second-order valence-electron chi connectivity index (χ2n) is 5.77. The summed E-state index contributed by atoms with van der Waals surface area (Å²) in [5, 5.41) is 0. The van der Waals surface area contributed by atoms with E-state index in [9.17, 15) is 0 Å². The zero-order valence-corrected chi connectivity index (χ0v) is 8.58. The van der Waals surface area contributed by atoms with Gasteiger partial charge in [-0.15, -0.1) is 0 Å². The summed E-state index contributed by atoms with van der Waals surface area (Å²) in [5.41, 5.74) is 6.14. The predicted molar refractivity (Wildman–Crippen MR) is 54.2 cm³/mol. The topological polar surface area (TPSA) is 26.0 Å². The van der Waals surface area contributed by atoms with Crippen molar-refractivity contribution >= 4 is 0 Å². The first kappa shape index (κ1) is 8.28. The van der Waals surface area contributed by atoms with E-state index >= 15 is 0 Å². The number of hydrogen-bond acceptors (Lipinski definition) is 1. The molecule has 3 aliphatic carbocycles. The SMILES string of the molecule is C[C@H](N)[C@H]1[C@@H]2CC[C@H]3C[C@@H](C2)C[C@@H]31. The first-order valence-corrected chi connectivity index (χ1v) is 6.01. The molecule has 74 valence electrons. The number of nitrogens with two attached hydrogens (primary N) is 1. The lowest BCUT2D eigenvalue weighted by atomic mass is 9.62. The van der Waals surface area contributed by atoms with Crippen LogP contribution in [-0.4, -0.2) is 6.04 Å². The fraction of sp³-hybridized carbons (Fsp3) is 1.00. The van der Waals surface area contributed by atoms with Crippen molar-refractivity contribution in [1.29, 1.82) is 0 Å². The number of rotatable bonds is 1. The van der Waals surface area contributed by atoms with Gasteiger partial charge in [-0.2, -0.15) is 0 Å². The molecule has 1 heteroatoms. The van der Waals surface area contributed by atoms with E-state index in [-0.39, 0.29) is 0 Å². The minimum Gasteiger partial charge on any atom is -0.328 e. The molecule has 3 rings (SSSR count). The van der Waals surface area contributed by atoms with Gasteiger partial charge in [0.25, 0.3) is 0 Å². The van der Waals surface area contributed by atoms with Gasteiger partial charge in [0.1, 0.15) is 0 Å². The molecule has 0 amide bonds. The fourth-order valence-electron chi connectivity index (χ4n) is 4.76. The quantitative estimate of drug-likeness (QED) is 0.657. The van der Waals surface area contributed by atoms with Crippen LogP contribution < -0.4 is 5.73 Å². The van der Waals surface area contributed by atoms with Crippen molar-refractivity contribution in [2.45, 2.75) is 45.1 Å². The van der Waals surface area contributed by atoms with Crippen LogP contribution in [0.15, 0.2) is 0 Å². The maximum absolute atomic E-state index is 6.14. The van der Waals surface area contributed by atoms with E-state index in [0.29, 0.717) is 6.04 Å². The Morgan fingerprint density at radius 2 is 1.77 bits per heavy atom. The Balaban J connectivity index is 1.90. The second kappa shape index (κ2) is 2.73. The van der Waals surface area contributed by atoms with Crippen LogP contribution in [0.2, 0.25) is 0 Å². The van der Waals surface area contributed by atoms with Crippen LogP contribution in [0, 0.1) is 29.6 Å². The van der Waals surface area contributed by atoms with E-state index in [2.05, 4.69) is 6.92 Å². The normalized spacial score (nSPS) is 55.4. The van der Waals surface area contributed by atoms with Crippen molar-refractivity contribution in [3.63, 3.8) is 0 Å². The van der Waals surface area contributed by atoms with Gasteiger partial charge in [0, 0.05) is 6.04 Å². The molecule has 0 saturated heterocycles. The van der Waals surface area contributed by atoms with Gasteiger partial charge in [-0.1, -0.05) is 0 Å². The Morgan fingerprint density at radius 1 is 1.08 bits per heavy atom. The van der Waals surface area contributed by atoms with Crippen LogP contribution in [-0.2, 0) is 0 Å². The van der Waals surface area contributed by atoms with Crippen molar-refractivity contribution in [2.24, 2.45) is 35.3 Å². The predicted octanol–water partition coefficient (Wildman–Crippen LogP) is 2.41. The van der Waals surface area contributed by atoms with Crippen LogP contribution in [0.4, 0.5) is 0 Å². The largest absolute Gasteiger partial charge is 0.328 e. The summed E-state index contributed by atoms with van der Waals surface area (Å²) in [4.78, 5) is 0. The fourth-order valence-corrected chi connectivity index (χ4v) is 4.76. The van der Waals surface area contributed by atoms with Crippen molar-refractivity contribution in [2.75, 3.05) is 0 Å². The summed E-state index contributed by atoms with van der Waals surface area (Å²) in [6.45, 7) is 2.23. The molecule has 6 atom stereocenters. The summed E-state index contributed by atoms with van der Waals surface area (Å²) in [6, 6.07) is 0.455. The van der Waals surface area contributed by atoms with Crippen LogP contribution in [0.5, 0.6) is 0 Å². The first-order chi connectivity index (χ1) is 6.25. The Labute approximate surface area is 81.1 Å². The van der Waals surface area contributed by atoms with E-state index in [1.54, 1.807) is 6.42 Å². The van der Waals surface area contributed by atoms with Gasteiger partial charge in [-0.25, -0.2) is 0 Å². The molecular weight excluding hydrogens is 158 g/mol. The van der Waals surface area contributed by atoms with Gasteiger partial charge < -0.3 is 5.73 Å². The molecule has 0 radical (unpaired) electrons. The molecule has 0 heterocycles. The van der Waals surface area contributed by atoms with E-state index in [1.165, 1.54) is 25.7 Å². The summed E-state index contributed by atoms with van der Waals surface area (Å²) < 4.78 is 0. The average molecular weight is 179 g/mol. The highest BCUT2D eigenvalue weighted by Crippen LogP contribution is 2.58. The van der Waals surface area contributed by atoms with Gasteiger partial charge in [0.05, 0.1) is 0 Å². The zero-order chi connectivity index (χ0) is 9.00. The van der Waals surface area contributed by atoms with E-state index in [4.69, 9.17) is 5.73 Å². The van der Waals surface area contributed by atoms with Crippen LogP contribution in [0.1, 0.15) is 39.0 Å². The molecule has 0 aliphatic heterocycles. The molecule has 0 aromatic rings. The van der Waals surface area contributed by atoms with Gasteiger partial charge in [0.15, 0.2) is 0 Å². The second-order valence-corrected chi connectivity index (χ2v) is 5.77. The van der Waals surface area contributed by atoms with Gasteiger partial charge in [-0.05, 0) is 68.6 Å². The Morgan fingerprint density at radius 3 is 2.54 bits per heavy atom. The summed E-state index contributed by atoms with van der Waals surface area (Å²) >= 11 is 0. The molecule has 13 heavy (non-hydrogen) atoms. The molecule has 1 nitrogen and oxygen atoms in total. The van der Waals surface area contributed by atoms with Gasteiger partial charge in [0.2, 0.25) is 0 Å². The average Bonchev–Trinajstić information content (AvgIpc) is 2.27. The standard InChI is InChI=1S/C12H21N/c1-7(13)12-10-3-2-9-4-8(5-10)6-11(9)12/h7-12H,2-6,13H2,1H3/t7-,8-,9-,10+,11-,12-/m0/s1. The Hall–Kier alpha value is -0.0400. The van der Waals surface area contributed by atoms with Crippen LogP contribution in [0.3, 0.4) is 0 Å². The van der Waals surface area contributed by atoms with E-state index < -0.39 is 0 Å². The highest BCUT2D eigenvalue weighted by Gasteiger charge is 2.50. The van der Waals surface area contributed by atoms with Crippen molar-refractivity contribution < 1.29 is 0 Å². The van der Waals surface area contributed by atoms with Crippen molar-refractivity contribution in [3.05, 3.63) is 0 Å². The summed E-state index contributed by atoms with van der Waals surface area (Å²) in [6.07, 6.45) is 7.59. The molecule has 3 fully saturated rings. The maximum atomic E-state index is 6.14. The molecule has 0 aromatic carbocycles. The number of fused-ring (bicyclic) bond motifs is 2. The van der Waals surface area contributed by atoms with Gasteiger partial charge >= 0.3 is 0 Å². The van der Waals surface area contributed by atoms with Crippen molar-refractivity contribution in [3.8, 4) is 0 Å². The molecular formula is C12H21N. The third kappa shape index (κ3) is 1.09. The molecule has 0 aromatic heterocycles. The highest BCUT2D eigenvalue weighted by atomic mass is 14.7. The minimum absolute atomic E-state index is 0.455. The van der Waals surface area contributed by atoms with Gasteiger partial charge in [-0.3, -0.25) is 0 Å². The zero-order valence-electron chi connectivity index (χ0n) is 8.58. The van der Waals surface area contributed by atoms with Crippen LogP contribution in [0.25, 0.3) is 0 Å². The highest BCUT2D eigenvalue weighted by molar-refractivity contribution is 5.01. The minimum atomic E-state index is 0.455. The van der Waals surface area contributed by atoms with Crippen LogP contribution >= 0.6 is 0 Å². The molecule has 0 unspecified atom stereocenters. The third-order valence-corrected chi connectivity index (χ3v) is 5.04. The Kier molecular flexibility index (Phi) is 1.74. The molecule has 2 N–H and O–H groups in total. The molecule has 3 aliphatic rings. The lowest BCUT2D eigenvalue weighted by molar-refractivity contribution is 0.0663. The van der Waals surface area contributed by atoms with Crippen molar-refractivity contribution in [1.82, 2.24) is 0 Å². The monoisotopic (exact) mass is 179 g/mol. The lowest BCUT2D eigenvalue weighted by Crippen LogP contribution is -2.43. The number of hydrogen-bond donors (Lipinski definition) is 1. The molecule has 3 saturated carbocycles. The third-order valence-electron chi connectivity index (χ3n) is 5.04. The van der Waals surface area contributed by atoms with E-state index in [1.807, 2.05) is 0 Å². The Bertz CT molecular complexity index is 211. The smallest absolute Gasteiger partial charge is 0.00441 e. The molecule has 3 bridgehead atoms. The lowest BCUT2D eigenvalue weighted by Gasteiger charge is -2.44. The van der Waals surface area contributed by atoms with E-state index in [0.717, 1.165) is 29.6 Å². The summed E-state index contributed by atoms with van der Waals surface area (Å²) in [5.74, 6) is 5.08. The first-order valence-electron chi connectivity index (χ1n) is 6.01. The maximum Gasteiger partial charge on any atom is 0.00441 e. The summed E-state index contributed by atoms with van der Waals surface area (Å²) in [7, 11) is 0. The molecule has 0 spiro atoms.